The van der Waals surface area contributed by atoms with Gasteiger partial charge >= 0.3 is 11.4 Å². The van der Waals surface area contributed by atoms with E-state index < -0.39 is 26.8 Å². The van der Waals surface area contributed by atoms with Crippen molar-refractivity contribution in [2.75, 3.05) is 6.61 Å². The summed E-state index contributed by atoms with van der Waals surface area (Å²) in [6.07, 6.45) is -0.723. The molecule has 2 unspecified atom stereocenters. The summed E-state index contributed by atoms with van der Waals surface area (Å²) >= 11 is 11.1. The minimum atomic E-state index is -4.16. The minimum absolute atomic E-state index is 0.193. The van der Waals surface area contributed by atoms with Gasteiger partial charge in [0.15, 0.2) is 0 Å². The summed E-state index contributed by atoms with van der Waals surface area (Å²) in [6, 6.07) is 0. The summed E-state index contributed by atoms with van der Waals surface area (Å²) < 4.78 is 41.7. The topological polar surface area (TPSA) is 26.3 Å². The molecule has 0 fully saturated rings. The molecule has 0 rings (SSSR count). The highest BCUT2D eigenvalue weighted by atomic mass is 127. The molecule has 0 amide bonds. The van der Waals surface area contributed by atoms with Crippen LogP contribution >= 0.6 is 45.8 Å². The van der Waals surface area contributed by atoms with Gasteiger partial charge in [0.2, 0.25) is 0 Å². The van der Waals surface area contributed by atoms with Crippen LogP contribution in [0.4, 0.5) is 13.2 Å². The van der Waals surface area contributed by atoms with E-state index in [1.165, 1.54) is 0 Å². The van der Waals surface area contributed by atoms with Crippen molar-refractivity contribution >= 4 is 51.8 Å². The molecule has 8 heteroatoms. The summed E-state index contributed by atoms with van der Waals surface area (Å²) in [5, 5.41) is -7.51. The second-order valence-corrected chi connectivity index (χ2v) is 5.64. The number of hydrogen-bond acceptors (Lipinski definition) is 2. The number of alkyl halides is 6. The van der Waals surface area contributed by atoms with Crippen molar-refractivity contribution in [2.45, 2.75) is 27.8 Å². The molecule has 0 radical (unpaired) electrons. The first-order chi connectivity index (χ1) is 6.56. The van der Waals surface area contributed by atoms with Gasteiger partial charge in [-0.25, -0.2) is 4.39 Å². The SMILES string of the molecule is CC(=O)OCC(I)CC(F)(Cl)C(F)(F)Cl. The van der Waals surface area contributed by atoms with Gasteiger partial charge in [-0.15, -0.1) is 0 Å². The van der Waals surface area contributed by atoms with Crippen LogP contribution in [0, 0.1) is 0 Å². The van der Waals surface area contributed by atoms with Gasteiger partial charge in [-0.2, -0.15) is 8.78 Å². The highest BCUT2D eigenvalue weighted by Gasteiger charge is 2.53. The van der Waals surface area contributed by atoms with Crippen LogP contribution in [0.3, 0.4) is 0 Å². The van der Waals surface area contributed by atoms with Crippen molar-refractivity contribution in [3.8, 4) is 0 Å². The number of hydrogen-bond donors (Lipinski definition) is 0. The van der Waals surface area contributed by atoms with E-state index in [1.54, 1.807) is 22.6 Å². The first-order valence-corrected chi connectivity index (χ1v) is 5.78. The lowest BCUT2D eigenvalue weighted by Gasteiger charge is -2.24. The van der Waals surface area contributed by atoms with Crippen molar-refractivity contribution in [3.63, 3.8) is 0 Å². The Morgan fingerprint density at radius 3 is 2.27 bits per heavy atom. The van der Waals surface area contributed by atoms with E-state index in [0.717, 1.165) is 6.92 Å². The Kier molecular flexibility index (Phi) is 5.99. The minimum Gasteiger partial charge on any atom is -0.465 e. The molecular formula is C7H8Cl2F3IO2. The molecule has 0 saturated heterocycles. The number of ether oxygens (including phenoxy) is 1. The monoisotopic (exact) mass is 378 g/mol. The predicted molar refractivity (Wildman–Crippen MR) is 59.6 cm³/mol. The van der Waals surface area contributed by atoms with Crippen LogP contribution in [0.15, 0.2) is 0 Å². The van der Waals surface area contributed by atoms with Crippen LogP contribution in [0.25, 0.3) is 0 Å². The fraction of sp³-hybridized carbons (Fsp3) is 0.857. The molecule has 15 heavy (non-hydrogen) atoms. The van der Waals surface area contributed by atoms with Crippen LogP contribution in [-0.2, 0) is 9.53 Å². The van der Waals surface area contributed by atoms with E-state index in [-0.39, 0.29) is 6.61 Å². The molecule has 0 aromatic heterocycles. The third-order valence-electron chi connectivity index (χ3n) is 1.36. The largest absolute Gasteiger partial charge is 0.465 e. The van der Waals surface area contributed by atoms with Gasteiger partial charge in [-0.3, -0.25) is 4.79 Å². The lowest BCUT2D eigenvalue weighted by molar-refractivity contribution is -0.141. The quantitative estimate of drug-likeness (QED) is 0.416. The summed E-state index contributed by atoms with van der Waals surface area (Å²) in [5.74, 6) is -0.576. The fourth-order valence-corrected chi connectivity index (χ4v) is 1.97. The Bertz CT molecular complexity index is 233. The maximum atomic E-state index is 13.1. The Balaban J connectivity index is 4.16. The molecule has 0 spiro atoms. The average molecular weight is 379 g/mol. The lowest BCUT2D eigenvalue weighted by Crippen LogP contribution is -2.37. The van der Waals surface area contributed by atoms with Gasteiger partial charge < -0.3 is 4.74 Å². The van der Waals surface area contributed by atoms with E-state index in [9.17, 15) is 18.0 Å². The Morgan fingerprint density at radius 1 is 1.47 bits per heavy atom. The summed E-state index contributed by atoms with van der Waals surface area (Å²) in [7, 11) is 0. The van der Waals surface area contributed by atoms with Crippen LogP contribution < -0.4 is 0 Å². The maximum Gasteiger partial charge on any atom is 0.369 e. The second kappa shape index (κ2) is 5.77. The molecule has 0 bridgehead atoms. The predicted octanol–water partition coefficient (Wildman–Crippen LogP) is 3.48. The van der Waals surface area contributed by atoms with E-state index in [2.05, 4.69) is 16.3 Å². The number of carbonyl (C=O) groups excluding carboxylic acids is 1. The van der Waals surface area contributed by atoms with Crippen molar-refractivity contribution in [3.05, 3.63) is 0 Å². The van der Waals surface area contributed by atoms with E-state index in [0.29, 0.717) is 0 Å². The molecule has 0 aromatic carbocycles. The Hall–Kier alpha value is 0.570. The van der Waals surface area contributed by atoms with Crippen LogP contribution in [0.5, 0.6) is 0 Å². The third-order valence-corrected chi connectivity index (χ3v) is 2.95. The summed E-state index contributed by atoms with van der Waals surface area (Å²) in [4.78, 5) is 10.4. The standard InChI is InChI=1S/C7H8Cl2F3IO2/c1-4(14)15-3-5(13)2-6(8,10)7(9,11)12/h5H,2-3H2,1H3. The van der Waals surface area contributed by atoms with Crippen LogP contribution in [0.1, 0.15) is 13.3 Å². The number of carbonyl (C=O) groups is 1. The highest BCUT2D eigenvalue weighted by Crippen LogP contribution is 2.43. The zero-order chi connectivity index (χ0) is 12.3. The maximum absolute atomic E-state index is 13.1. The Labute approximate surface area is 109 Å². The first kappa shape index (κ1) is 15.6. The third kappa shape index (κ3) is 6.01. The van der Waals surface area contributed by atoms with Crippen molar-refractivity contribution < 1.29 is 22.7 Å². The van der Waals surface area contributed by atoms with E-state index in [1.807, 2.05) is 0 Å². The van der Waals surface area contributed by atoms with Gasteiger partial charge in [-0.05, 0) is 11.6 Å². The van der Waals surface area contributed by atoms with Gasteiger partial charge in [0.25, 0.3) is 5.13 Å². The molecular weight excluding hydrogens is 371 g/mol. The van der Waals surface area contributed by atoms with Crippen molar-refractivity contribution in [1.29, 1.82) is 0 Å². The highest BCUT2D eigenvalue weighted by molar-refractivity contribution is 14.1. The molecule has 0 aliphatic rings. The van der Waals surface area contributed by atoms with Gasteiger partial charge in [0, 0.05) is 17.3 Å². The zero-order valence-electron chi connectivity index (χ0n) is 7.58. The smallest absolute Gasteiger partial charge is 0.369 e. The summed E-state index contributed by atoms with van der Waals surface area (Å²) in [6.45, 7) is 0.962. The molecule has 0 N–H and O–H groups in total. The zero-order valence-corrected chi connectivity index (χ0v) is 11.2. The summed E-state index contributed by atoms with van der Waals surface area (Å²) in [5.41, 5.74) is 0. The lowest BCUT2D eigenvalue weighted by atomic mass is 10.2. The van der Waals surface area contributed by atoms with Crippen LogP contribution in [-0.4, -0.2) is 27.0 Å². The first-order valence-electron chi connectivity index (χ1n) is 3.78. The van der Waals surface area contributed by atoms with Gasteiger partial charge in [-0.1, -0.05) is 34.2 Å². The Morgan fingerprint density at radius 2 is 1.93 bits per heavy atom. The normalized spacial score (nSPS) is 18.1. The van der Waals surface area contributed by atoms with Crippen molar-refractivity contribution in [1.82, 2.24) is 0 Å². The molecule has 0 heterocycles. The molecule has 0 aliphatic carbocycles. The van der Waals surface area contributed by atoms with Gasteiger partial charge in [0.1, 0.15) is 6.61 Å². The molecule has 0 saturated carbocycles. The fourth-order valence-electron chi connectivity index (χ4n) is 0.661. The second-order valence-electron chi connectivity index (χ2n) is 2.81. The molecule has 0 aliphatic heterocycles. The van der Waals surface area contributed by atoms with E-state index in [4.69, 9.17) is 11.6 Å². The average Bonchev–Trinajstić information content (AvgIpc) is 1.97. The van der Waals surface area contributed by atoms with E-state index >= 15 is 0 Å². The van der Waals surface area contributed by atoms with Gasteiger partial charge in [0.05, 0.1) is 0 Å². The molecule has 2 atom stereocenters. The number of rotatable bonds is 5. The molecule has 0 aromatic rings. The molecule has 2 nitrogen and oxygen atoms in total. The number of halogens is 6. The number of esters is 1. The van der Waals surface area contributed by atoms with Crippen LogP contribution in [0.2, 0.25) is 0 Å². The van der Waals surface area contributed by atoms with Crippen molar-refractivity contribution in [2.24, 2.45) is 0 Å². The molecule has 90 valence electrons.